The smallest absolute Gasteiger partial charge is 0.417 e. The molecule has 3 nitrogen and oxygen atoms in total. The lowest BCUT2D eigenvalue weighted by Gasteiger charge is -2.26. The number of hydrogen-bond donors (Lipinski definition) is 0. The van der Waals surface area contributed by atoms with Crippen molar-refractivity contribution in [2.24, 2.45) is 0 Å². The van der Waals surface area contributed by atoms with Gasteiger partial charge in [-0.2, -0.15) is 13.2 Å². The van der Waals surface area contributed by atoms with Gasteiger partial charge in [0, 0.05) is 12.1 Å². The molecule has 2 rings (SSSR count). The highest BCUT2D eigenvalue weighted by molar-refractivity contribution is 6.67. The molecule has 0 saturated carbocycles. The van der Waals surface area contributed by atoms with E-state index in [4.69, 9.17) is 16.3 Å². The number of ether oxygens (including phenoxy) is 1. The molecule has 0 spiro atoms. The highest BCUT2D eigenvalue weighted by Gasteiger charge is 2.35. The van der Waals surface area contributed by atoms with Crippen molar-refractivity contribution in [1.82, 2.24) is 4.90 Å². The van der Waals surface area contributed by atoms with Gasteiger partial charge in [0.1, 0.15) is 5.75 Å². The SMILES string of the molecule is O=C(Cl)c1ccc(OCCCN2CCCCC2)cc1C(F)(F)F. The molecule has 1 fully saturated rings. The van der Waals surface area contributed by atoms with Crippen molar-refractivity contribution in [1.29, 1.82) is 0 Å². The van der Waals surface area contributed by atoms with Gasteiger partial charge in [-0.25, -0.2) is 0 Å². The number of piperidine rings is 1. The van der Waals surface area contributed by atoms with Gasteiger partial charge in [0.25, 0.3) is 5.24 Å². The summed E-state index contributed by atoms with van der Waals surface area (Å²) in [5.41, 5.74) is -1.62. The number of alkyl halides is 3. The molecule has 0 amide bonds. The maximum absolute atomic E-state index is 12.9. The molecular formula is C16H19ClF3NO2. The molecule has 128 valence electrons. The third-order valence-electron chi connectivity index (χ3n) is 3.84. The second-order valence-corrected chi connectivity index (χ2v) is 5.93. The summed E-state index contributed by atoms with van der Waals surface area (Å²) in [6.07, 6.45) is -0.239. The third kappa shape index (κ3) is 5.39. The van der Waals surface area contributed by atoms with Crippen LogP contribution >= 0.6 is 11.6 Å². The predicted molar refractivity (Wildman–Crippen MR) is 82.0 cm³/mol. The Labute approximate surface area is 138 Å². The maximum atomic E-state index is 12.9. The van der Waals surface area contributed by atoms with E-state index < -0.39 is 22.5 Å². The quantitative estimate of drug-likeness (QED) is 0.565. The van der Waals surface area contributed by atoms with Gasteiger partial charge in [0.05, 0.1) is 12.2 Å². The Kier molecular flexibility index (Phi) is 6.30. The van der Waals surface area contributed by atoms with Gasteiger partial charge in [-0.3, -0.25) is 4.79 Å². The summed E-state index contributed by atoms with van der Waals surface area (Å²) in [5.74, 6) is 0.0950. The number of carbonyl (C=O) groups excluding carboxylic acids is 1. The molecule has 0 atom stereocenters. The first-order valence-electron chi connectivity index (χ1n) is 7.64. The second kappa shape index (κ2) is 8.02. The minimum Gasteiger partial charge on any atom is -0.494 e. The number of hydrogen-bond acceptors (Lipinski definition) is 3. The van der Waals surface area contributed by atoms with Gasteiger partial charge in [0.2, 0.25) is 0 Å². The Morgan fingerprint density at radius 3 is 2.52 bits per heavy atom. The molecule has 1 aliphatic rings. The Balaban J connectivity index is 1.91. The van der Waals surface area contributed by atoms with Crippen LogP contribution in [-0.2, 0) is 6.18 Å². The zero-order valence-electron chi connectivity index (χ0n) is 12.7. The van der Waals surface area contributed by atoms with E-state index in [0.29, 0.717) is 6.61 Å². The van der Waals surface area contributed by atoms with Crippen molar-refractivity contribution in [3.63, 3.8) is 0 Å². The van der Waals surface area contributed by atoms with E-state index in [1.807, 2.05) is 0 Å². The predicted octanol–water partition coefficient (Wildman–Crippen LogP) is 4.34. The van der Waals surface area contributed by atoms with Crippen molar-refractivity contribution in [3.8, 4) is 5.75 Å². The summed E-state index contributed by atoms with van der Waals surface area (Å²) >= 11 is 5.19. The molecule has 0 aromatic heterocycles. The number of likely N-dealkylation sites (tertiary alicyclic amines) is 1. The van der Waals surface area contributed by atoms with E-state index in [2.05, 4.69) is 4.90 Å². The van der Waals surface area contributed by atoms with Crippen molar-refractivity contribution >= 4 is 16.8 Å². The van der Waals surface area contributed by atoms with Crippen molar-refractivity contribution < 1.29 is 22.7 Å². The van der Waals surface area contributed by atoms with Crippen LogP contribution in [0.1, 0.15) is 41.6 Å². The standard InChI is InChI=1S/C16H19ClF3NO2/c17-15(22)13-6-5-12(11-14(13)16(18,19)20)23-10-4-9-21-7-2-1-3-8-21/h5-6,11H,1-4,7-10H2. The summed E-state index contributed by atoms with van der Waals surface area (Å²) in [5, 5.41) is -1.13. The zero-order valence-corrected chi connectivity index (χ0v) is 13.4. The van der Waals surface area contributed by atoms with Gasteiger partial charge < -0.3 is 9.64 Å². The van der Waals surface area contributed by atoms with E-state index in [1.165, 1.54) is 25.3 Å². The fraction of sp³-hybridized carbons (Fsp3) is 0.562. The van der Waals surface area contributed by atoms with Crippen LogP contribution in [0.5, 0.6) is 5.75 Å². The Morgan fingerprint density at radius 1 is 1.22 bits per heavy atom. The lowest BCUT2D eigenvalue weighted by Crippen LogP contribution is -2.31. The molecule has 7 heteroatoms. The molecular weight excluding hydrogens is 331 g/mol. The first-order valence-corrected chi connectivity index (χ1v) is 8.02. The summed E-state index contributed by atoms with van der Waals surface area (Å²) in [7, 11) is 0. The largest absolute Gasteiger partial charge is 0.494 e. The van der Waals surface area contributed by atoms with Crippen LogP contribution in [0.15, 0.2) is 18.2 Å². The van der Waals surface area contributed by atoms with Crippen molar-refractivity contribution in [2.75, 3.05) is 26.2 Å². The molecule has 1 aromatic carbocycles. The lowest BCUT2D eigenvalue weighted by atomic mass is 10.1. The summed E-state index contributed by atoms with van der Waals surface area (Å²) in [6, 6.07) is 3.22. The molecule has 0 bridgehead atoms. The first-order chi connectivity index (χ1) is 10.9. The maximum Gasteiger partial charge on any atom is 0.417 e. The van der Waals surface area contributed by atoms with Crippen molar-refractivity contribution in [3.05, 3.63) is 29.3 Å². The summed E-state index contributed by atoms with van der Waals surface area (Å²) in [6.45, 7) is 3.36. The van der Waals surface area contributed by atoms with Crippen LogP contribution in [0.2, 0.25) is 0 Å². The molecule has 1 aromatic rings. The molecule has 0 radical (unpaired) electrons. The average molecular weight is 350 g/mol. The van der Waals surface area contributed by atoms with E-state index in [-0.39, 0.29) is 5.75 Å². The van der Waals surface area contributed by atoms with Crippen LogP contribution < -0.4 is 4.74 Å². The minimum absolute atomic E-state index is 0.0950. The van der Waals surface area contributed by atoms with Gasteiger partial charge >= 0.3 is 6.18 Å². The van der Waals surface area contributed by atoms with E-state index in [0.717, 1.165) is 38.2 Å². The number of carbonyl (C=O) groups is 1. The van der Waals surface area contributed by atoms with E-state index in [9.17, 15) is 18.0 Å². The number of benzene rings is 1. The fourth-order valence-electron chi connectivity index (χ4n) is 2.68. The summed E-state index contributed by atoms with van der Waals surface area (Å²) in [4.78, 5) is 13.4. The molecule has 0 aliphatic carbocycles. The van der Waals surface area contributed by atoms with Gasteiger partial charge in [-0.1, -0.05) is 6.42 Å². The monoisotopic (exact) mass is 349 g/mol. The second-order valence-electron chi connectivity index (χ2n) is 5.58. The highest BCUT2D eigenvalue weighted by atomic mass is 35.5. The summed E-state index contributed by atoms with van der Waals surface area (Å²) < 4.78 is 44.2. The van der Waals surface area contributed by atoms with Gasteiger partial charge in [-0.05, 0) is 62.2 Å². The highest BCUT2D eigenvalue weighted by Crippen LogP contribution is 2.35. The van der Waals surface area contributed by atoms with E-state index >= 15 is 0 Å². The molecule has 0 N–H and O–H groups in total. The Morgan fingerprint density at radius 2 is 1.91 bits per heavy atom. The van der Waals surface area contributed by atoms with Crippen LogP contribution in [0.3, 0.4) is 0 Å². The number of halogens is 4. The Bertz CT molecular complexity index is 543. The normalized spacial score (nSPS) is 16.3. The van der Waals surface area contributed by atoms with E-state index in [1.54, 1.807) is 0 Å². The number of rotatable bonds is 6. The fourth-order valence-corrected chi connectivity index (χ4v) is 2.85. The molecule has 23 heavy (non-hydrogen) atoms. The lowest BCUT2D eigenvalue weighted by molar-refractivity contribution is -0.138. The average Bonchev–Trinajstić information content (AvgIpc) is 2.51. The topological polar surface area (TPSA) is 29.5 Å². The molecule has 1 heterocycles. The number of nitrogens with zero attached hydrogens (tertiary/aromatic N) is 1. The molecule has 0 unspecified atom stereocenters. The van der Waals surface area contributed by atoms with Gasteiger partial charge in [-0.15, -0.1) is 0 Å². The van der Waals surface area contributed by atoms with Crippen LogP contribution in [0, 0.1) is 0 Å². The zero-order chi connectivity index (χ0) is 16.9. The third-order valence-corrected chi connectivity index (χ3v) is 4.05. The van der Waals surface area contributed by atoms with Crippen LogP contribution in [-0.4, -0.2) is 36.4 Å². The molecule has 1 aliphatic heterocycles. The van der Waals surface area contributed by atoms with Crippen LogP contribution in [0.4, 0.5) is 13.2 Å². The minimum atomic E-state index is -4.65. The van der Waals surface area contributed by atoms with Crippen molar-refractivity contribution in [2.45, 2.75) is 31.9 Å². The first kappa shape index (κ1) is 18.1. The molecule has 1 saturated heterocycles. The Hall–Kier alpha value is -1.27. The van der Waals surface area contributed by atoms with Gasteiger partial charge in [0.15, 0.2) is 0 Å². The van der Waals surface area contributed by atoms with Crippen LogP contribution in [0.25, 0.3) is 0 Å².